The Morgan fingerprint density at radius 3 is 2.69 bits per heavy atom. The SMILES string of the molecule is Cc1ccncc1CNc1ncc(N)cn1. The lowest BCUT2D eigenvalue weighted by molar-refractivity contribution is 1.03. The van der Waals surface area contributed by atoms with E-state index in [9.17, 15) is 0 Å². The van der Waals surface area contributed by atoms with Gasteiger partial charge in [0, 0.05) is 18.9 Å². The number of hydrogen-bond acceptors (Lipinski definition) is 5. The summed E-state index contributed by atoms with van der Waals surface area (Å²) < 4.78 is 0. The molecule has 0 aliphatic carbocycles. The van der Waals surface area contributed by atoms with Gasteiger partial charge < -0.3 is 11.1 Å². The highest BCUT2D eigenvalue weighted by molar-refractivity contribution is 5.36. The molecule has 0 aliphatic rings. The van der Waals surface area contributed by atoms with E-state index in [0.29, 0.717) is 18.2 Å². The van der Waals surface area contributed by atoms with Crippen molar-refractivity contribution in [2.24, 2.45) is 0 Å². The van der Waals surface area contributed by atoms with Crippen molar-refractivity contribution in [3.8, 4) is 0 Å². The minimum Gasteiger partial charge on any atom is -0.396 e. The first-order valence-corrected chi connectivity index (χ1v) is 4.96. The van der Waals surface area contributed by atoms with Crippen molar-refractivity contribution in [2.75, 3.05) is 11.1 Å². The van der Waals surface area contributed by atoms with Crippen LogP contribution in [0, 0.1) is 6.92 Å². The van der Waals surface area contributed by atoms with Crippen molar-refractivity contribution >= 4 is 11.6 Å². The second-order valence-electron chi connectivity index (χ2n) is 3.50. The van der Waals surface area contributed by atoms with E-state index < -0.39 is 0 Å². The summed E-state index contributed by atoms with van der Waals surface area (Å²) in [6.45, 7) is 2.70. The molecule has 2 rings (SSSR count). The molecule has 5 heteroatoms. The fourth-order valence-corrected chi connectivity index (χ4v) is 1.29. The van der Waals surface area contributed by atoms with E-state index in [4.69, 9.17) is 5.73 Å². The zero-order chi connectivity index (χ0) is 11.4. The van der Waals surface area contributed by atoms with Crippen LogP contribution in [0.3, 0.4) is 0 Å². The molecule has 3 N–H and O–H groups in total. The number of rotatable bonds is 3. The van der Waals surface area contributed by atoms with E-state index in [1.807, 2.05) is 19.2 Å². The highest BCUT2D eigenvalue weighted by Crippen LogP contribution is 2.07. The Balaban J connectivity index is 2.02. The van der Waals surface area contributed by atoms with Crippen LogP contribution in [0.15, 0.2) is 30.9 Å². The highest BCUT2D eigenvalue weighted by atomic mass is 15.1. The average Bonchev–Trinajstić information content (AvgIpc) is 2.30. The van der Waals surface area contributed by atoms with Crippen molar-refractivity contribution in [2.45, 2.75) is 13.5 Å². The standard InChI is InChI=1S/C11H13N5/c1-8-2-3-13-4-9(8)5-14-11-15-6-10(12)7-16-11/h2-4,6-7H,5,12H2,1H3,(H,14,15,16). The fourth-order valence-electron chi connectivity index (χ4n) is 1.29. The molecule has 2 aromatic heterocycles. The molecule has 0 atom stereocenters. The molecule has 2 aromatic rings. The number of pyridine rings is 1. The number of nitrogens with one attached hydrogen (secondary N) is 1. The first-order chi connectivity index (χ1) is 7.75. The van der Waals surface area contributed by atoms with Gasteiger partial charge in [0.1, 0.15) is 0 Å². The number of aromatic nitrogens is 3. The van der Waals surface area contributed by atoms with Gasteiger partial charge in [0.25, 0.3) is 0 Å². The topological polar surface area (TPSA) is 76.7 Å². The van der Waals surface area contributed by atoms with Crippen molar-refractivity contribution < 1.29 is 0 Å². The number of nitrogen functional groups attached to an aromatic ring is 1. The van der Waals surface area contributed by atoms with Crippen LogP contribution in [0.1, 0.15) is 11.1 Å². The van der Waals surface area contributed by atoms with E-state index in [0.717, 1.165) is 5.56 Å². The zero-order valence-corrected chi connectivity index (χ0v) is 9.01. The predicted octanol–water partition coefficient (Wildman–Crippen LogP) is 1.37. The second kappa shape index (κ2) is 4.57. The maximum absolute atomic E-state index is 5.50. The summed E-state index contributed by atoms with van der Waals surface area (Å²) in [4.78, 5) is 12.2. The molecule has 0 saturated carbocycles. The molecular formula is C11H13N5. The molecule has 82 valence electrons. The molecule has 0 radical (unpaired) electrons. The van der Waals surface area contributed by atoms with Gasteiger partial charge in [-0.3, -0.25) is 4.98 Å². The van der Waals surface area contributed by atoms with Gasteiger partial charge >= 0.3 is 0 Å². The lowest BCUT2D eigenvalue weighted by Crippen LogP contribution is -2.05. The average molecular weight is 215 g/mol. The van der Waals surface area contributed by atoms with Gasteiger partial charge in [0.05, 0.1) is 18.1 Å². The van der Waals surface area contributed by atoms with Gasteiger partial charge in [-0.2, -0.15) is 0 Å². The summed E-state index contributed by atoms with van der Waals surface area (Å²) in [6.07, 6.45) is 6.76. The smallest absolute Gasteiger partial charge is 0.222 e. The van der Waals surface area contributed by atoms with Crippen molar-refractivity contribution in [3.05, 3.63) is 42.0 Å². The van der Waals surface area contributed by atoms with Crippen LogP contribution in [-0.2, 0) is 6.54 Å². The maximum atomic E-state index is 5.50. The monoisotopic (exact) mass is 215 g/mol. The number of nitrogens with two attached hydrogens (primary N) is 1. The number of hydrogen-bond donors (Lipinski definition) is 2. The van der Waals surface area contributed by atoms with Gasteiger partial charge in [-0.1, -0.05) is 0 Å². The summed E-state index contributed by atoms with van der Waals surface area (Å²) in [5.74, 6) is 0.567. The largest absolute Gasteiger partial charge is 0.396 e. The molecule has 0 saturated heterocycles. The van der Waals surface area contributed by atoms with Gasteiger partial charge in [-0.05, 0) is 24.1 Å². The van der Waals surface area contributed by atoms with Crippen molar-refractivity contribution in [1.29, 1.82) is 0 Å². The Hall–Kier alpha value is -2.17. The zero-order valence-electron chi connectivity index (χ0n) is 9.01. The van der Waals surface area contributed by atoms with Gasteiger partial charge in [0.15, 0.2) is 0 Å². The molecular weight excluding hydrogens is 202 g/mol. The summed E-state index contributed by atoms with van der Waals surface area (Å²) in [7, 11) is 0. The summed E-state index contributed by atoms with van der Waals surface area (Å²) >= 11 is 0. The van der Waals surface area contributed by atoms with Crippen LogP contribution in [-0.4, -0.2) is 15.0 Å². The van der Waals surface area contributed by atoms with Crippen molar-refractivity contribution in [3.63, 3.8) is 0 Å². The second-order valence-corrected chi connectivity index (χ2v) is 3.50. The van der Waals surface area contributed by atoms with Crippen LogP contribution in [0.5, 0.6) is 0 Å². The molecule has 16 heavy (non-hydrogen) atoms. The quantitative estimate of drug-likeness (QED) is 0.808. The Bertz CT molecular complexity index is 466. The number of nitrogens with zero attached hydrogens (tertiary/aromatic N) is 3. The molecule has 0 fully saturated rings. The highest BCUT2D eigenvalue weighted by Gasteiger charge is 1.99. The lowest BCUT2D eigenvalue weighted by atomic mass is 10.2. The normalized spacial score (nSPS) is 10.1. The number of aryl methyl sites for hydroxylation is 1. The molecule has 0 unspecified atom stereocenters. The molecule has 0 aromatic carbocycles. The van der Waals surface area contributed by atoms with Crippen LogP contribution >= 0.6 is 0 Å². The van der Waals surface area contributed by atoms with Crippen LogP contribution in [0.4, 0.5) is 11.6 Å². The Kier molecular flexibility index (Phi) is 2.95. The maximum Gasteiger partial charge on any atom is 0.222 e. The molecule has 2 heterocycles. The minimum absolute atomic E-state index is 0.558. The van der Waals surface area contributed by atoms with E-state index in [1.54, 1.807) is 18.6 Å². The lowest BCUT2D eigenvalue weighted by Gasteiger charge is -2.06. The van der Waals surface area contributed by atoms with Crippen LogP contribution in [0.2, 0.25) is 0 Å². The number of anilines is 2. The van der Waals surface area contributed by atoms with Crippen LogP contribution in [0.25, 0.3) is 0 Å². The Labute approximate surface area is 93.8 Å². The molecule has 0 spiro atoms. The summed E-state index contributed by atoms with van der Waals surface area (Å²) in [6, 6.07) is 1.97. The fraction of sp³-hybridized carbons (Fsp3) is 0.182. The van der Waals surface area contributed by atoms with E-state index in [1.165, 1.54) is 5.56 Å². The van der Waals surface area contributed by atoms with Crippen LogP contribution < -0.4 is 11.1 Å². The summed E-state index contributed by atoms with van der Waals surface area (Å²) in [5, 5.41) is 3.11. The third-order valence-electron chi connectivity index (χ3n) is 2.26. The Morgan fingerprint density at radius 1 is 1.25 bits per heavy atom. The molecule has 5 nitrogen and oxygen atoms in total. The molecule has 0 aliphatic heterocycles. The first kappa shape index (κ1) is 10.4. The predicted molar refractivity (Wildman–Crippen MR) is 62.7 cm³/mol. The van der Waals surface area contributed by atoms with E-state index >= 15 is 0 Å². The van der Waals surface area contributed by atoms with E-state index in [2.05, 4.69) is 20.3 Å². The molecule has 0 bridgehead atoms. The summed E-state index contributed by atoms with van der Waals surface area (Å²) in [5.41, 5.74) is 8.37. The van der Waals surface area contributed by atoms with Crippen molar-refractivity contribution in [1.82, 2.24) is 15.0 Å². The minimum atomic E-state index is 0.558. The van der Waals surface area contributed by atoms with E-state index in [-0.39, 0.29) is 0 Å². The third kappa shape index (κ3) is 2.44. The van der Waals surface area contributed by atoms with Gasteiger partial charge in [-0.25, -0.2) is 9.97 Å². The third-order valence-corrected chi connectivity index (χ3v) is 2.26. The first-order valence-electron chi connectivity index (χ1n) is 4.96. The van der Waals surface area contributed by atoms with Gasteiger partial charge in [0.2, 0.25) is 5.95 Å². The van der Waals surface area contributed by atoms with Gasteiger partial charge in [-0.15, -0.1) is 0 Å². The Morgan fingerprint density at radius 2 is 2.00 bits per heavy atom. The molecule has 0 amide bonds.